The van der Waals surface area contributed by atoms with Crippen LogP contribution in [0, 0.1) is 0 Å². The summed E-state index contributed by atoms with van der Waals surface area (Å²) in [5.74, 6) is 0. The van der Waals surface area contributed by atoms with Crippen molar-refractivity contribution in [1.82, 2.24) is 0 Å². The van der Waals surface area contributed by atoms with Crippen molar-refractivity contribution in [2.75, 3.05) is 20.8 Å². The van der Waals surface area contributed by atoms with Gasteiger partial charge >= 0.3 is 0 Å². The lowest BCUT2D eigenvalue weighted by molar-refractivity contribution is -0.106. The van der Waals surface area contributed by atoms with Crippen LogP contribution in [0.2, 0.25) is 0 Å². The number of ether oxygens (including phenoxy) is 1. The molecule has 0 saturated heterocycles. The Morgan fingerprint density at radius 2 is 1.86 bits per heavy atom. The molecule has 0 bridgehead atoms. The number of carbonyl (C=O) groups is 1. The first-order chi connectivity index (χ1) is 3.33. The first kappa shape index (κ1) is 9.77. The zero-order valence-corrected chi connectivity index (χ0v) is 4.68. The van der Waals surface area contributed by atoms with Crippen molar-refractivity contribution in [3.8, 4) is 0 Å². The maximum Gasteiger partial charge on any atom is 0.133 e. The summed E-state index contributed by atoms with van der Waals surface area (Å²) < 4.78 is 4.25. The third kappa shape index (κ3) is 207. The predicted octanol–water partition coefficient (Wildman–Crippen LogP) is -0.593. The van der Waals surface area contributed by atoms with Crippen molar-refractivity contribution in [1.29, 1.82) is 0 Å². The van der Waals surface area contributed by atoms with Gasteiger partial charge in [-0.1, -0.05) is 0 Å². The molecule has 0 heterocycles. The van der Waals surface area contributed by atoms with Gasteiger partial charge in [0, 0.05) is 20.8 Å². The van der Waals surface area contributed by atoms with Gasteiger partial charge in [0.1, 0.15) is 6.29 Å². The summed E-state index contributed by atoms with van der Waals surface area (Å²) in [6.45, 7) is 0.139. The van der Waals surface area contributed by atoms with Crippen molar-refractivity contribution in [3.63, 3.8) is 0 Å². The van der Waals surface area contributed by atoms with E-state index in [9.17, 15) is 0 Å². The molecule has 44 valence electrons. The van der Waals surface area contributed by atoms with E-state index in [0.29, 0.717) is 6.29 Å². The van der Waals surface area contributed by atoms with Crippen molar-refractivity contribution >= 4 is 6.29 Å². The van der Waals surface area contributed by atoms with Gasteiger partial charge in [-0.25, -0.2) is 0 Å². The van der Waals surface area contributed by atoms with E-state index in [0.717, 1.165) is 0 Å². The Morgan fingerprint density at radius 1 is 1.71 bits per heavy atom. The van der Waals surface area contributed by atoms with Gasteiger partial charge in [0.2, 0.25) is 0 Å². The van der Waals surface area contributed by atoms with Gasteiger partial charge in [-0.15, -0.1) is 0 Å². The summed E-state index contributed by atoms with van der Waals surface area (Å²) in [6, 6.07) is 0. The maximum atomic E-state index is 9.05. The number of rotatable bonds is 1. The number of aldehydes is 1. The molecule has 0 aliphatic rings. The fourth-order valence-corrected chi connectivity index (χ4v) is 0. The third-order valence-corrected chi connectivity index (χ3v) is 0.0962. The van der Waals surface area contributed by atoms with E-state index >= 15 is 0 Å². The van der Waals surface area contributed by atoms with Crippen LogP contribution < -0.4 is 5.73 Å². The molecule has 0 aromatic heterocycles. The highest BCUT2D eigenvalue weighted by atomic mass is 16.4. The van der Waals surface area contributed by atoms with Gasteiger partial charge in [-0.2, -0.15) is 0 Å². The molecule has 3 nitrogen and oxygen atoms in total. The molecule has 7 heavy (non-hydrogen) atoms. The van der Waals surface area contributed by atoms with Gasteiger partial charge in [0.15, 0.2) is 0 Å². The third-order valence-electron chi connectivity index (χ3n) is 0.0962. The van der Waals surface area contributed by atoms with Gasteiger partial charge in [-0.05, 0) is 0 Å². The molecule has 0 spiro atoms. The highest BCUT2D eigenvalue weighted by Crippen LogP contribution is 1.28. The highest BCUT2D eigenvalue weighted by Gasteiger charge is 1.51. The summed E-state index contributed by atoms with van der Waals surface area (Å²) >= 11 is 0. The maximum absolute atomic E-state index is 9.05. The van der Waals surface area contributed by atoms with Crippen molar-refractivity contribution < 1.29 is 9.53 Å². The minimum atomic E-state index is 0.139. The Bertz CT molecular complexity index is 30.9. The largest absolute Gasteiger partial charge is 0.388 e. The molecule has 3 heteroatoms. The van der Waals surface area contributed by atoms with Crippen LogP contribution in [0.25, 0.3) is 0 Å². The number of nitrogens with two attached hydrogens (primary N) is 1. The minimum Gasteiger partial charge on any atom is -0.388 e. The second kappa shape index (κ2) is 17.6. The molecule has 0 fully saturated rings. The Hall–Kier alpha value is -0.410. The van der Waals surface area contributed by atoms with E-state index in [4.69, 9.17) is 4.79 Å². The number of hydrogen-bond donors (Lipinski definition) is 1. The number of hydrogen-bond acceptors (Lipinski definition) is 3. The van der Waals surface area contributed by atoms with Gasteiger partial charge in [-0.3, -0.25) is 0 Å². The van der Waals surface area contributed by atoms with Gasteiger partial charge < -0.3 is 15.3 Å². The van der Waals surface area contributed by atoms with E-state index in [1.165, 1.54) is 0 Å². The molecule has 0 aromatic carbocycles. The fourth-order valence-electron chi connectivity index (χ4n) is 0. The van der Waals surface area contributed by atoms with E-state index in [2.05, 4.69) is 10.5 Å². The molecule has 2 N–H and O–H groups in total. The Balaban J connectivity index is 0. The smallest absolute Gasteiger partial charge is 0.133 e. The molecule has 0 aliphatic heterocycles. The normalized spacial score (nSPS) is 6.14. The summed E-state index contributed by atoms with van der Waals surface area (Å²) in [6.07, 6.45) is 0.653. The first-order valence-electron chi connectivity index (χ1n) is 1.87. The van der Waals surface area contributed by atoms with Crippen LogP contribution in [0.5, 0.6) is 0 Å². The van der Waals surface area contributed by atoms with Crippen molar-refractivity contribution in [2.24, 2.45) is 5.73 Å². The SMILES string of the molecule is COC.NCC=O. The van der Waals surface area contributed by atoms with Crippen LogP contribution in [-0.2, 0) is 9.53 Å². The van der Waals surface area contributed by atoms with Crippen LogP contribution in [0.15, 0.2) is 0 Å². The number of methoxy groups -OCH3 is 1. The quantitative estimate of drug-likeness (QED) is 0.453. The van der Waals surface area contributed by atoms with E-state index in [1.807, 2.05) is 0 Å². The Morgan fingerprint density at radius 3 is 1.86 bits per heavy atom. The van der Waals surface area contributed by atoms with Crippen LogP contribution in [-0.4, -0.2) is 27.1 Å². The molecule has 0 saturated carbocycles. The average molecular weight is 105 g/mol. The molecule has 0 rings (SSSR count). The molecule has 0 unspecified atom stereocenters. The van der Waals surface area contributed by atoms with Crippen LogP contribution in [0.4, 0.5) is 0 Å². The van der Waals surface area contributed by atoms with E-state index < -0.39 is 0 Å². The molecule has 0 aromatic rings. The summed E-state index contributed by atoms with van der Waals surface area (Å²) in [5.41, 5.74) is 4.66. The van der Waals surface area contributed by atoms with Crippen LogP contribution in [0.3, 0.4) is 0 Å². The molecular formula is C4H11NO2. The lowest BCUT2D eigenvalue weighted by atomic mass is 10.8. The van der Waals surface area contributed by atoms with Crippen LogP contribution >= 0.6 is 0 Å². The summed E-state index contributed by atoms with van der Waals surface area (Å²) in [7, 11) is 3.25. The fraction of sp³-hybridized carbons (Fsp3) is 0.750. The Labute approximate surface area is 43.5 Å². The van der Waals surface area contributed by atoms with Crippen LogP contribution in [0.1, 0.15) is 0 Å². The topological polar surface area (TPSA) is 52.3 Å². The van der Waals surface area contributed by atoms with E-state index in [1.54, 1.807) is 14.2 Å². The van der Waals surface area contributed by atoms with Crippen molar-refractivity contribution in [2.45, 2.75) is 0 Å². The molecule has 0 radical (unpaired) electrons. The summed E-state index contributed by atoms with van der Waals surface area (Å²) in [4.78, 5) is 9.05. The average Bonchev–Trinajstić information content (AvgIpc) is 1.69. The zero-order valence-electron chi connectivity index (χ0n) is 4.68. The molecule has 0 atom stereocenters. The summed E-state index contributed by atoms with van der Waals surface area (Å²) in [5, 5.41) is 0. The van der Waals surface area contributed by atoms with E-state index in [-0.39, 0.29) is 6.54 Å². The predicted molar refractivity (Wildman–Crippen MR) is 28.1 cm³/mol. The van der Waals surface area contributed by atoms with Gasteiger partial charge in [0.25, 0.3) is 0 Å². The van der Waals surface area contributed by atoms with Gasteiger partial charge in [0.05, 0.1) is 0 Å². The lowest BCUT2D eigenvalue weighted by Crippen LogP contribution is -1.97. The highest BCUT2D eigenvalue weighted by molar-refractivity contribution is 5.51. The zero-order chi connectivity index (χ0) is 6.12. The molecule has 0 aliphatic carbocycles. The second-order valence-corrected chi connectivity index (χ2v) is 0.811. The number of carbonyl (C=O) groups excluding carboxylic acids is 1. The molecular weight excluding hydrogens is 94.0 g/mol. The van der Waals surface area contributed by atoms with Crippen molar-refractivity contribution in [3.05, 3.63) is 0 Å². The monoisotopic (exact) mass is 105 g/mol. The lowest BCUT2D eigenvalue weighted by Gasteiger charge is -1.61. The standard InChI is InChI=1S/C2H5NO.C2H6O/c3-1-2-4;1-3-2/h2H,1,3H2;1-2H3. The molecule has 0 amide bonds. The first-order valence-corrected chi connectivity index (χ1v) is 1.87. The second-order valence-electron chi connectivity index (χ2n) is 0.811. The Kier molecular flexibility index (Phi) is 24.5. The minimum absolute atomic E-state index is 0.139.